The molecule has 2 fully saturated rings. The monoisotopic (exact) mass is 512 g/mol. The third-order valence-corrected chi connectivity index (χ3v) is 8.50. The number of ether oxygens (including phenoxy) is 1. The molecule has 0 radical (unpaired) electrons. The summed E-state index contributed by atoms with van der Waals surface area (Å²) in [6, 6.07) is 4.59. The molecule has 0 unspecified atom stereocenters. The van der Waals surface area contributed by atoms with Crippen LogP contribution in [0.25, 0.3) is 0 Å². The van der Waals surface area contributed by atoms with E-state index in [0.717, 1.165) is 32.4 Å². The van der Waals surface area contributed by atoms with Gasteiger partial charge in [-0.2, -0.15) is 0 Å². The van der Waals surface area contributed by atoms with Crippen LogP contribution in [0.4, 0.5) is 0 Å². The summed E-state index contributed by atoms with van der Waals surface area (Å²) in [5.74, 6) is 4.70. The molecule has 3 heteroatoms. The van der Waals surface area contributed by atoms with E-state index in [0.29, 0.717) is 12.5 Å². The molecule has 0 aliphatic heterocycles. The van der Waals surface area contributed by atoms with Crippen molar-refractivity contribution in [2.75, 3.05) is 6.61 Å². The molecule has 0 bridgehead atoms. The van der Waals surface area contributed by atoms with Gasteiger partial charge in [0, 0.05) is 0 Å². The lowest BCUT2D eigenvalue weighted by atomic mass is 9.68. The smallest absolute Gasteiger partial charge is 0.147 e. The predicted molar refractivity (Wildman–Crippen MR) is 127 cm³/mol. The number of benzene rings is 1. The molecule has 2 aliphatic rings. The lowest BCUT2D eigenvalue weighted by Gasteiger charge is -2.38. The van der Waals surface area contributed by atoms with E-state index in [4.69, 9.17) is 4.74 Å². The summed E-state index contributed by atoms with van der Waals surface area (Å²) in [6.45, 7) is 5.05. The van der Waals surface area contributed by atoms with Gasteiger partial charge in [-0.15, -0.1) is 0 Å². The van der Waals surface area contributed by atoms with Gasteiger partial charge in [0.25, 0.3) is 0 Å². The van der Waals surface area contributed by atoms with E-state index in [1.807, 2.05) is 6.92 Å². The van der Waals surface area contributed by atoms with Crippen molar-refractivity contribution >= 4 is 31.9 Å². The first-order chi connectivity index (χ1) is 13.6. The molecule has 0 atom stereocenters. The minimum absolute atomic E-state index is 0.697. The quantitative estimate of drug-likeness (QED) is 0.314. The molecule has 2 aliphatic carbocycles. The first-order valence-corrected chi connectivity index (χ1v) is 13.3. The second-order valence-corrected chi connectivity index (χ2v) is 10.8. The van der Waals surface area contributed by atoms with E-state index >= 15 is 0 Å². The van der Waals surface area contributed by atoms with Crippen LogP contribution >= 0.6 is 31.9 Å². The largest absolute Gasteiger partial charge is 0.492 e. The zero-order valence-electron chi connectivity index (χ0n) is 17.8. The molecule has 2 saturated carbocycles. The van der Waals surface area contributed by atoms with E-state index in [1.165, 1.54) is 82.6 Å². The molecule has 0 spiro atoms. The average Bonchev–Trinajstić information content (AvgIpc) is 2.71. The Balaban J connectivity index is 1.47. The standard InChI is InChI=1S/C25H38Br2O/c1-3-5-6-7-18-8-10-19(11-9-18)20-12-14-21(15-13-20)22-16-23(26)25(28-4-2)24(27)17-22/h16-21H,3-15H2,1-2H3. The molecule has 0 aromatic heterocycles. The second kappa shape index (κ2) is 11.4. The van der Waals surface area contributed by atoms with Crippen molar-refractivity contribution in [3.63, 3.8) is 0 Å². The van der Waals surface area contributed by atoms with Gasteiger partial charge in [0.15, 0.2) is 0 Å². The van der Waals surface area contributed by atoms with Gasteiger partial charge < -0.3 is 4.74 Å². The molecule has 1 aromatic rings. The number of rotatable bonds is 8. The van der Waals surface area contributed by atoms with Gasteiger partial charge in [0.2, 0.25) is 0 Å². The summed E-state index contributed by atoms with van der Waals surface area (Å²) in [6.07, 6.45) is 17.3. The van der Waals surface area contributed by atoms with Gasteiger partial charge in [-0.25, -0.2) is 0 Å². The Labute approximate surface area is 189 Å². The fourth-order valence-electron chi connectivity index (χ4n) is 5.65. The maximum absolute atomic E-state index is 5.75. The number of hydrogen-bond acceptors (Lipinski definition) is 1. The Morgan fingerprint density at radius 1 is 0.821 bits per heavy atom. The van der Waals surface area contributed by atoms with Crippen LogP contribution in [0.5, 0.6) is 5.75 Å². The Bertz CT molecular complexity index is 576. The zero-order chi connectivity index (χ0) is 19.9. The third kappa shape index (κ3) is 6.00. The Morgan fingerprint density at radius 2 is 1.39 bits per heavy atom. The van der Waals surface area contributed by atoms with Crippen LogP contribution in [0, 0.1) is 17.8 Å². The van der Waals surface area contributed by atoms with Crippen LogP contribution in [-0.2, 0) is 0 Å². The van der Waals surface area contributed by atoms with E-state index in [9.17, 15) is 0 Å². The van der Waals surface area contributed by atoms with Crippen molar-refractivity contribution < 1.29 is 4.74 Å². The molecule has 0 heterocycles. The van der Waals surface area contributed by atoms with Crippen LogP contribution in [0.2, 0.25) is 0 Å². The van der Waals surface area contributed by atoms with Crippen molar-refractivity contribution in [3.05, 3.63) is 26.6 Å². The highest BCUT2D eigenvalue weighted by atomic mass is 79.9. The van der Waals surface area contributed by atoms with Gasteiger partial charge in [0.05, 0.1) is 15.6 Å². The van der Waals surface area contributed by atoms with Gasteiger partial charge in [-0.3, -0.25) is 0 Å². The fourth-order valence-corrected chi connectivity index (χ4v) is 7.10. The topological polar surface area (TPSA) is 9.23 Å². The highest BCUT2D eigenvalue weighted by Crippen LogP contribution is 2.46. The number of hydrogen-bond donors (Lipinski definition) is 0. The van der Waals surface area contributed by atoms with Crippen molar-refractivity contribution in [2.24, 2.45) is 17.8 Å². The summed E-state index contributed by atoms with van der Waals surface area (Å²) >= 11 is 7.43. The lowest BCUT2D eigenvalue weighted by Crippen LogP contribution is -2.25. The van der Waals surface area contributed by atoms with Crippen molar-refractivity contribution in [1.29, 1.82) is 0 Å². The normalized spacial score (nSPS) is 28.3. The highest BCUT2D eigenvalue weighted by molar-refractivity contribution is 9.11. The van der Waals surface area contributed by atoms with Crippen LogP contribution in [0.15, 0.2) is 21.1 Å². The number of halogens is 2. The van der Waals surface area contributed by atoms with Gasteiger partial charge in [-0.1, -0.05) is 45.4 Å². The van der Waals surface area contributed by atoms with E-state index in [-0.39, 0.29) is 0 Å². The minimum atomic E-state index is 0.697. The molecule has 0 amide bonds. The minimum Gasteiger partial charge on any atom is -0.492 e. The van der Waals surface area contributed by atoms with E-state index in [2.05, 4.69) is 50.9 Å². The highest BCUT2D eigenvalue weighted by Gasteiger charge is 2.31. The van der Waals surface area contributed by atoms with Gasteiger partial charge in [0.1, 0.15) is 5.75 Å². The Kier molecular flexibility index (Phi) is 9.22. The van der Waals surface area contributed by atoms with Gasteiger partial charge >= 0.3 is 0 Å². The summed E-state index contributed by atoms with van der Waals surface area (Å²) < 4.78 is 7.92. The summed E-state index contributed by atoms with van der Waals surface area (Å²) in [4.78, 5) is 0. The molecular formula is C25H38Br2O. The molecule has 28 heavy (non-hydrogen) atoms. The SMILES string of the molecule is CCCCCC1CCC(C2CCC(c3cc(Br)c(OCC)c(Br)c3)CC2)CC1. The lowest BCUT2D eigenvalue weighted by molar-refractivity contribution is 0.155. The van der Waals surface area contributed by atoms with E-state index in [1.54, 1.807) is 0 Å². The fraction of sp³-hybridized carbons (Fsp3) is 0.760. The molecule has 3 rings (SSSR count). The summed E-state index contributed by atoms with van der Waals surface area (Å²) in [5, 5.41) is 0. The second-order valence-electron chi connectivity index (χ2n) is 9.13. The molecule has 1 aromatic carbocycles. The maximum Gasteiger partial charge on any atom is 0.147 e. The Hall–Kier alpha value is -0.0200. The number of unbranched alkanes of at least 4 members (excludes halogenated alkanes) is 2. The maximum atomic E-state index is 5.75. The van der Waals surface area contributed by atoms with E-state index < -0.39 is 0 Å². The van der Waals surface area contributed by atoms with Gasteiger partial charge in [-0.05, 0) is 119 Å². The van der Waals surface area contributed by atoms with Crippen LogP contribution in [0.1, 0.15) is 102 Å². The first kappa shape index (κ1) is 22.7. The summed E-state index contributed by atoms with van der Waals surface area (Å²) in [7, 11) is 0. The third-order valence-electron chi connectivity index (χ3n) is 7.33. The van der Waals surface area contributed by atoms with Crippen molar-refractivity contribution in [2.45, 2.75) is 96.8 Å². The molecule has 158 valence electrons. The van der Waals surface area contributed by atoms with Crippen LogP contribution < -0.4 is 4.74 Å². The van der Waals surface area contributed by atoms with Crippen molar-refractivity contribution in [1.82, 2.24) is 0 Å². The first-order valence-electron chi connectivity index (χ1n) is 11.7. The van der Waals surface area contributed by atoms with Crippen LogP contribution in [0.3, 0.4) is 0 Å². The molecule has 0 saturated heterocycles. The zero-order valence-corrected chi connectivity index (χ0v) is 21.0. The van der Waals surface area contributed by atoms with Crippen LogP contribution in [-0.4, -0.2) is 6.61 Å². The average molecular weight is 514 g/mol. The summed E-state index contributed by atoms with van der Waals surface area (Å²) in [5.41, 5.74) is 1.47. The Morgan fingerprint density at radius 3 is 1.93 bits per heavy atom. The molecule has 1 nitrogen and oxygen atoms in total. The van der Waals surface area contributed by atoms with Crippen molar-refractivity contribution in [3.8, 4) is 5.75 Å². The predicted octanol–water partition coefficient (Wildman–Crippen LogP) is 9.27. The molecule has 0 N–H and O–H groups in total. The molecular weight excluding hydrogens is 476 g/mol.